The van der Waals surface area contributed by atoms with Crippen molar-refractivity contribution in [2.75, 3.05) is 20.1 Å². The van der Waals surface area contributed by atoms with E-state index >= 15 is 0 Å². The summed E-state index contributed by atoms with van der Waals surface area (Å²) in [5.41, 5.74) is 0. The van der Waals surface area contributed by atoms with E-state index in [-0.39, 0.29) is 6.54 Å². The molecule has 2 N–H and O–H groups in total. The van der Waals surface area contributed by atoms with E-state index in [9.17, 15) is 17.2 Å². The highest BCUT2D eigenvalue weighted by Crippen LogP contribution is 2.00. The molecule has 0 rings (SSSR count). The molecule has 0 aliphatic heterocycles. The predicted molar refractivity (Wildman–Crippen MR) is 41.5 cm³/mol. The molecule has 0 aliphatic rings. The minimum atomic E-state index is -4.39. The number of hydrogen-bond donors (Lipinski definition) is 2. The third-order valence-corrected chi connectivity index (χ3v) is 2.22. The first-order valence-corrected chi connectivity index (χ1v) is 4.96. The Bertz CT molecular complexity index is 205. The van der Waals surface area contributed by atoms with E-state index in [1.54, 1.807) is 11.8 Å². The minimum absolute atomic E-state index is 0.0352. The van der Waals surface area contributed by atoms with Crippen LogP contribution in [0.1, 0.15) is 6.42 Å². The van der Waals surface area contributed by atoms with Gasteiger partial charge < -0.3 is 5.32 Å². The normalized spacial score (nSPS) is 12.3. The van der Waals surface area contributed by atoms with Gasteiger partial charge in [-0.15, -0.1) is 0 Å². The summed E-state index contributed by atoms with van der Waals surface area (Å²) in [7, 11) is -2.69. The second-order valence-electron chi connectivity index (χ2n) is 2.16. The SMILES string of the molecule is CNCCCNS(=O)(=O)C(F)F. The molecule has 74 valence electrons. The standard InChI is InChI=1S/C5H12F2N2O2S/c1-8-3-2-4-9-12(10,11)5(6)7/h5,8-9H,2-4H2,1H3. The van der Waals surface area contributed by atoms with E-state index in [1.807, 2.05) is 0 Å². The van der Waals surface area contributed by atoms with Crippen molar-refractivity contribution in [2.24, 2.45) is 0 Å². The van der Waals surface area contributed by atoms with Gasteiger partial charge in [-0.1, -0.05) is 0 Å². The number of sulfonamides is 1. The highest BCUT2D eigenvalue weighted by atomic mass is 32.2. The van der Waals surface area contributed by atoms with Crippen LogP contribution in [0.15, 0.2) is 0 Å². The summed E-state index contributed by atoms with van der Waals surface area (Å²) in [6, 6.07) is 0. The molecule has 0 unspecified atom stereocenters. The summed E-state index contributed by atoms with van der Waals surface area (Å²) in [6.45, 7) is 0.624. The van der Waals surface area contributed by atoms with Gasteiger partial charge in [0.05, 0.1) is 0 Å². The molecule has 4 nitrogen and oxygen atoms in total. The van der Waals surface area contributed by atoms with Crippen LogP contribution in [0.4, 0.5) is 8.78 Å². The van der Waals surface area contributed by atoms with Gasteiger partial charge in [0.2, 0.25) is 0 Å². The highest BCUT2D eigenvalue weighted by molar-refractivity contribution is 7.89. The van der Waals surface area contributed by atoms with Gasteiger partial charge in [0.15, 0.2) is 0 Å². The molecule has 0 radical (unpaired) electrons. The zero-order chi connectivity index (χ0) is 9.61. The highest BCUT2D eigenvalue weighted by Gasteiger charge is 2.22. The Balaban J connectivity index is 3.63. The van der Waals surface area contributed by atoms with Crippen LogP contribution in [0.2, 0.25) is 0 Å². The molecule has 0 fully saturated rings. The molecular formula is C5H12F2N2O2S. The summed E-state index contributed by atoms with van der Waals surface area (Å²) >= 11 is 0. The summed E-state index contributed by atoms with van der Waals surface area (Å²) in [4.78, 5) is 0. The lowest BCUT2D eigenvalue weighted by Gasteiger charge is -2.04. The Kier molecular flexibility index (Phi) is 5.27. The zero-order valence-electron chi connectivity index (χ0n) is 6.68. The molecule has 7 heteroatoms. The van der Waals surface area contributed by atoms with Gasteiger partial charge in [-0.25, -0.2) is 13.1 Å². The van der Waals surface area contributed by atoms with E-state index in [4.69, 9.17) is 0 Å². The molecular weight excluding hydrogens is 190 g/mol. The van der Waals surface area contributed by atoms with Crippen molar-refractivity contribution >= 4 is 10.0 Å². The molecule has 0 atom stereocenters. The van der Waals surface area contributed by atoms with Crippen LogP contribution in [0.3, 0.4) is 0 Å². The van der Waals surface area contributed by atoms with Crippen LogP contribution < -0.4 is 10.0 Å². The summed E-state index contributed by atoms with van der Waals surface area (Å²) < 4.78 is 45.9. The first-order chi connectivity index (χ1) is 5.50. The Morgan fingerprint density at radius 2 is 1.92 bits per heavy atom. The second kappa shape index (κ2) is 5.39. The third kappa shape index (κ3) is 4.58. The lowest BCUT2D eigenvalue weighted by Crippen LogP contribution is -2.31. The van der Waals surface area contributed by atoms with Crippen LogP contribution >= 0.6 is 0 Å². The van der Waals surface area contributed by atoms with E-state index in [1.165, 1.54) is 0 Å². The van der Waals surface area contributed by atoms with E-state index in [0.29, 0.717) is 13.0 Å². The van der Waals surface area contributed by atoms with Crippen LogP contribution in [0.5, 0.6) is 0 Å². The van der Waals surface area contributed by atoms with Gasteiger partial charge >= 0.3 is 5.76 Å². The van der Waals surface area contributed by atoms with Crippen molar-refractivity contribution in [3.05, 3.63) is 0 Å². The molecule has 0 aromatic carbocycles. The zero-order valence-corrected chi connectivity index (χ0v) is 7.50. The fraction of sp³-hybridized carbons (Fsp3) is 1.00. The number of nitrogens with one attached hydrogen (secondary N) is 2. The molecule has 12 heavy (non-hydrogen) atoms. The fourth-order valence-electron chi connectivity index (χ4n) is 0.543. The number of rotatable bonds is 6. The largest absolute Gasteiger partial charge is 0.350 e. The smallest absolute Gasteiger partial charge is 0.320 e. The van der Waals surface area contributed by atoms with Gasteiger partial charge in [0.25, 0.3) is 10.0 Å². The molecule has 0 aromatic heterocycles. The summed E-state index contributed by atoms with van der Waals surface area (Å²) in [5, 5.41) is 2.76. The Hall–Kier alpha value is -0.270. The van der Waals surface area contributed by atoms with E-state index in [2.05, 4.69) is 5.32 Å². The molecule has 0 heterocycles. The number of hydrogen-bond acceptors (Lipinski definition) is 3. The van der Waals surface area contributed by atoms with E-state index in [0.717, 1.165) is 0 Å². The van der Waals surface area contributed by atoms with Gasteiger partial charge in [-0.3, -0.25) is 0 Å². The maximum Gasteiger partial charge on any atom is 0.350 e. The molecule has 0 amide bonds. The Morgan fingerprint density at radius 1 is 1.33 bits per heavy atom. The fourth-order valence-corrected chi connectivity index (χ4v) is 1.10. The average molecular weight is 202 g/mol. The monoisotopic (exact) mass is 202 g/mol. The molecule has 0 spiro atoms. The predicted octanol–water partition coefficient (Wildman–Crippen LogP) is -0.262. The topological polar surface area (TPSA) is 58.2 Å². The first-order valence-electron chi connectivity index (χ1n) is 3.42. The molecule has 0 aliphatic carbocycles. The maximum absolute atomic E-state index is 11.7. The van der Waals surface area contributed by atoms with Crippen LogP contribution in [-0.2, 0) is 10.0 Å². The van der Waals surface area contributed by atoms with Crippen molar-refractivity contribution in [3.8, 4) is 0 Å². The average Bonchev–Trinajstić information content (AvgIpc) is 1.98. The van der Waals surface area contributed by atoms with Crippen LogP contribution in [0.25, 0.3) is 0 Å². The van der Waals surface area contributed by atoms with Crippen LogP contribution in [-0.4, -0.2) is 34.3 Å². The van der Waals surface area contributed by atoms with Crippen molar-refractivity contribution < 1.29 is 17.2 Å². The van der Waals surface area contributed by atoms with Gasteiger partial charge in [0, 0.05) is 6.54 Å². The molecule has 0 bridgehead atoms. The minimum Gasteiger partial charge on any atom is -0.320 e. The first kappa shape index (κ1) is 11.7. The lowest BCUT2D eigenvalue weighted by molar-refractivity contribution is 0.232. The Labute approximate surface area is 70.4 Å². The van der Waals surface area contributed by atoms with Crippen molar-refractivity contribution in [2.45, 2.75) is 12.2 Å². The summed E-state index contributed by atoms with van der Waals surface area (Å²) in [5.74, 6) is -3.34. The number of alkyl halides is 2. The molecule has 0 saturated carbocycles. The molecule has 0 aromatic rings. The van der Waals surface area contributed by atoms with Crippen molar-refractivity contribution in [1.29, 1.82) is 0 Å². The molecule has 0 saturated heterocycles. The lowest BCUT2D eigenvalue weighted by atomic mass is 10.4. The van der Waals surface area contributed by atoms with Gasteiger partial charge in [-0.05, 0) is 20.0 Å². The second-order valence-corrected chi connectivity index (χ2v) is 3.89. The van der Waals surface area contributed by atoms with Gasteiger partial charge in [0.1, 0.15) is 0 Å². The number of halogens is 2. The summed E-state index contributed by atoms with van der Waals surface area (Å²) in [6.07, 6.45) is 0.489. The third-order valence-electron chi connectivity index (χ3n) is 1.14. The van der Waals surface area contributed by atoms with Crippen molar-refractivity contribution in [1.82, 2.24) is 10.0 Å². The van der Waals surface area contributed by atoms with Gasteiger partial charge in [-0.2, -0.15) is 8.78 Å². The van der Waals surface area contributed by atoms with Crippen molar-refractivity contribution in [3.63, 3.8) is 0 Å². The van der Waals surface area contributed by atoms with E-state index < -0.39 is 15.8 Å². The maximum atomic E-state index is 11.7. The quantitative estimate of drug-likeness (QED) is 0.583. The Morgan fingerprint density at radius 3 is 2.33 bits per heavy atom. The van der Waals surface area contributed by atoms with Crippen LogP contribution in [0, 0.1) is 0 Å².